The number of hydrogen-bond donors (Lipinski definition) is 2. The second kappa shape index (κ2) is 10.2. The van der Waals surface area contributed by atoms with Crippen LogP contribution in [-0.4, -0.2) is 63.2 Å². The van der Waals surface area contributed by atoms with Crippen molar-refractivity contribution in [2.24, 2.45) is 44.3 Å². The molecule has 1 amide bonds. The summed E-state index contributed by atoms with van der Waals surface area (Å²) in [5, 5.41) is 24.0. The number of aliphatic hydroxyl groups is 2. The van der Waals surface area contributed by atoms with Gasteiger partial charge in [0.1, 0.15) is 0 Å². The number of esters is 1. The molecule has 8 heteroatoms. The van der Waals surface area contributed by atoms with Gasteiger partial charge in [0, 0.05) is 38.7 Å². The standard InChI is InChI=1S/C41H55NO6S/c1-8-21-42(32(45)41-20-17-37(7,33(46)48-41)34(41,3)4)24-39(47)16-13-30-36(39,6)15-12-29-35(5)14-11-26(43)22-38(35)18-19-40(29,30)27(23-38)31(44)28-10-9-25(2)49-28/h9-10,18-19,23,26,29-30,43,47H,8,11-17,20-22,24H2,1-7H3/t26?,29-,30-,35-,36+,37+,38+,39-,40-,41-/m1/s1. The number of ether oxygens (including phenoxy) is 1. The summed E-state index contributed by atoms with van der Waals surface area (Å²) < 4.78 is 6.06. The summed E-state index contributed by atoms with van der Waals surface area (Å²) in [5.74, 6) is -0.150. The molecule has 1 aliphatic heterocycles. The highest BCUT2D eigenvalue weighted by atomic mass is 32.1. The highest BCUT2D eigenvalue weighted by Crippen LogP contribution is 2.78. The lowest BCUT2D eigenvalue weighted by Crippen LogP contribution is -2.68. The van der Waals surface area contributed by atoms with Crippen LogP contribution in [0.3, 0.4) is 0 Å². The number of carbonyl (C=O) groups is 3. The molecule has 9 rings (SSSR count). The van der Waals surface area contributed by atoms with Gasteiger partial charge >= 0.3 is 5.97 Å². The molecular weight excluding hydrogens is 635 g/mol. The van der Waals surface area contributed by atoms with E-state index >= 15 is 0 Å². The van der Waals surface area contributed by atoms with Gasteiger partial charge < -0.3 is 19.8 Å². The fraction of sp³-hybridized carbons (Fsp3) is 0.732. The van der Waals surface area contributed by atoms with Gasteiger partial charge in [-0.3, -0.25) is 14.4 Å². The zero-order valence-corrected chi connectivity index (χ0v) is 31.3. The van der Waals surface area contributed by atoms with Crippen molar-refractivity contribution in [3.63, 3.8) is 0 Å². The van der Waals surface area contributed by atoms with Crippen LogP contribution in [0, 0.1) is 51.2 Å². The van der Waals surface area contributed by atoms with E-state index in [1.54, 1.807) is 11.3 Å². The van der Waals surface area contributed by atoms with E-state index in [1.165, 1.54) is 0 Å². The van der Waals surface area contributed by atoms with Crippen molar-refractivity contribution >= 4 is 29.0 Å². The second-order valence-corrected chi connectivity index (χ2v) is 19.7. The van der Waals surface area contributed by atoms with Crippen molar-refractivity contribution in [2.75, 3.05) is 13.1 Å². The number of Topliss-reactive ketones (excluding diaryl/α,β-unsaturated/α-hetero) is 1. The van der Waals surface area contributed by atoms with E-state index in [0.29, 0.717) is 32.2 Å². The third kappa shape index (κ3) is 3.79. The number of nitrogens with zero attached hydrogens (tertiary/aromatic N) is 1. The van der Waals surface area contributed by atoms with Gasteiger partial charge in [-0.1, -0.05) is 52.8 Å². The van der Waals surface area contributed by atoms with E-state index in [0.717, 1.165) is 53.9 Å². The summed E-state index contributed by atoms with van der Waals surface area (Å²) >= 11 is 1.54. The molecule has 4 bridgehead atoms. The summed E-state index contributed by atoms with van der Waals surface area (Å²) in [6, 6.07) is 3.98. The van der Waals surface area contributed by atoms with Gasteiger partial charge in [-0.05, 0) is 107 Å². The molecule has 7 nitrogen and oxygen atoms in total. The van der Waals surface area contributed by atoms with E-state index in [-0.39, 0.29) is 46.9 Å². The van der Waals surface area contributed by atoms with Gasteiger partial charge in [-0.2, -0.15) is 0 Å². The first kappa shape index (κ1) is 33.8. The minimum atomic E-state index is -1.22. The zero-order chi connectivity index (χ0) is 35.2. The lowest BCUT2D eigenvalue weighted by Gasteiger charge is -2.71. The molecule has 7 aliphatic carbocycles. The maximum absolute atomic E-state index is 14.7. The van der Waals surface area contributed by atoms with E-state index < -0.39 is 39.0 Å². The summed E-state index contributed by atoms with van der Waals surface area (Å²) in [7, 11) is 0. The molecule has 2 N–H and O–H groups in total. The van der Waals surface area contributed by atoms with Crippen molar-refractivity contribution < 1.29 is 29.3 Å². The van der Waals surface area contributed by atoms with Crippen LogP contribution >= 0.6 is 11.3 Å². The van der Waals surface area contributed by atoms with Gasteiger partial charge in [0.2, 0.25) is 0 Å². The topological polar surface area (TPSA) is 104 Å². The Morgan fingerprint density at radius 2 is 1.65 bits per heavy atom. The number of amides is 1. The number of allylic oxidation sites excluding steroid dienone is 4. The average molecular weight is 690 g/mol. The van der Waals surface area contributed by atoms with Crippen LogP contribution in [0.25, 0.3) is 0 Å². The molecule has 2 spiro atoms. The third-order valence-corrected chi connectivity index (χ3v) is 17.6. The smallest absolute Gasteiger partial charge is 0.313 e. The molecule has 8 aliphatic rings. The summed E-state index contributed by atoms with van der Waals surface area (Å²) in [4.78, 5) is 46.3. The average Bonchev–Trinajstić information content (AvgIpc) is 3.70. The Kier molecular flexibility index (Phi) is 7.03. The van der Waals surface area contributed by atoms with E-state index in [2.05, 4.69) is 32.1 Å². The van der Waals surface area contributed by atoms with Crippen molar-refractivity contribution in [1.29, 1.82) is 0 Å². The molecule has 10 atom stereocenters. The Labute approximate surface area is 295 Å². The highest BCUT2D eigenvalue weighted by Gasteiger charge is 2.78. The van der Waals surface area contributed by atoms with Crippen LogP contribution < -0.4 is 0 Å². The van der Waals surface area contributed by atoms with E-state index in [1.807, 2.05) is 51.7 Å². The molecule has 0 radical (unpaired) electrons. The van der Waals surface area contributed by atoms with Crippen LogP contribution in [0.15, 0.2) is 35.9 Å². The Hall–Kier alpha value is -2.29. The Morgan fingerprint density at radius 3 is 2.29 bits per heavy atom. The molecule has 49 heavy (non-hydrogen) atoms. The first-order valence-electron chi connectivity index (χ1n) is 18.9. The van der Waals surface area contributed by atoms with Crippen LogP contribution in [0.5, 0.6) is 0 Å². The SMILES string of the molecule is CCCN(C[C@]1(O)CC[C@H]2[C@]34C=C[C@@]5(C=C3C(=O)c3ccc(C)s3)CC(O)CC[C@]5(C)[C@H]4CC[C@@]21C)C(=O)[C@@]12CC[C@@](C)(C(=O)O1)C2(C)C. The molecule has 4 saturated carbocycles. The fourth-order valence-corrected chi connectivity index (χ4v) is 13.9. The molecule has 5 fully saturated rings. The maximum atomic E-state index is 14.7. The Morgan fingerprint density at radius 1 is 0.959 bits per heavy atom. The molecular formula is C41H55NO6S. The zero-order valence-electron chi connectivity index (χ0n) is 30.5. The number of carbonyl (C=O) groups excluding carboxylic acids is 3. The number of thiophene rings is 1. The first-order chi connectivity index (χ1) is 22.9. The molecule has 1 aromatic rings. The lowest BCUT2D eigenvalue weighted by molar-refractivity contribution is -0.187. The van der Waals surface area contributed by atoms with Crippen molar-refractivity contribution in [1.82, 2.24) is 4.90 Å². The number of rotatable bonds is 7. The van der Waals surface area contributed by atoms with Crippen molar-refractivity contribution in [2.45, 2.75) is 130 Å². The molecule has 2 heterocycles. The maximum Gasteiger partial charge on any atom is 0.313 e. The number of aryl methyl sites for hydroxylation is 1. The van der Waals surface area contributed by atoms with Gasteiger partial charge in [0.05, 0.1) is 28.5 Å². The Bertz CT molecular complexity index is 1710. The Balaban J connectivity index is 1.20. The highest BCUT2D eigenvalue weighted by molar-refractivity contribution is 7.14. The predicted octanol–water partition coefficient (Wildman–Crippen LogP) is 7.19. The van der Waals surface area contributed by atoms with E-state index in [9.17, 15) is 24.6 Å². The largest absolute Gasteiger partial charge is 0.448 e. The monoisotopic (exact) mass is 689 g/mol. The first-order valence-corrected chi connectivity index (χ1v) is 19.7. The normalized spacial score (nSPS) is 46.9. The van der Waals surface area contributed by atoms with Gasteiger partial charge in [-0.15, -0.1) is 11.3 Å². The molecule has 1 aromatic heterocycles. The van der Waals surface area contributed by atoms with Crippen LogP contribution in [-0.2, 0) is 14.3 Å². The summed E-state index contributed by atoms with van der Waals surface area (Å²) in [5.41, 5.74) is -4.48. The minimum absolute atomic E-state index is 0.00509. The number of hydrogen-bond acceptors (Lipinski definition) is 7. The molecule has 266 valence electrons. The van der Waals surface area contributed by atoms with Gasteiger partial charge in [0.25, 0.3) is 5.91 Å². The van der Waals surface area contributed by atoms with Crippen LogP contribution in [0.4, 0.5) is 0 Å². The summed E-state index contributed by atoms with van der Waals surface area (Å²) in [6.45, 7) is 15.3. The van der Waals surface area contributed by atoms with Crippen molar-refractivity contribution in [3.8, 4) is 0 Å². The van der Waals surface area contributed by atoms with Crippen molar-refractivity contribution in [3.05, 3.63) is 45.7 Å². The molecule has 1 unspecified atom stereocenters. The lowest BCUT2D eigenvalue weighted by atomic mass is 9.32. The molecule has 0 aromatic carbocycles. The van der Waals surface area contributed by atoms with E-state index in [4.69, 9.17) is 4.74 Å². The predicted molar refractivity (Wildman–Crippen MR) is 189 cm³/mol. The summed E-state index contributed by atoms with van der Waals surface area (Å²) in [6.07, 6.45) is 13.7. The number of fused-ring (bicyclic) bond motifs is 3. The quantitative estimate of drug-likeness (QED) is 0.179. The van der Waals surface area contributed by atoms with Gasteiger partial charge in [-0.25, -0.2) is 0 Å². The number of aliphatic hydroxyl groups excluding tert-OH is 1. The van der Waals surface area contributed by atoms with Crippen LogP contribution in [0.1, 0.15) is 120 Å². The second-order valence-electron chi connectivity index (χ2n) is 18.5. The third-order valence-electron chi connectivity index (χ3n) is 16.6. The fourth-order valence-electron chi connectivity index (χ4n) is 13.1. The number of ketones is 1. The minimum Gasteiger partial charge on any atom is -0.448 e. The van der Waals surface area contributed by atoms with Crippen LogP contribution in [0.2, 0.25) is 0 Å². The van der Waals surface area contributed by atoms with Gasteiger partial charge in [0.15, 0.2) is 11.4 Å². The molecule has 1 saturated heterocycles.